The van der Waals surface area contributed by atoms with Gasteiger partial charge in [-0.05, 0) is 31.2 Å². The van der Waals surface area contributed by atoms with Crippen LogP contribution in [0.1, 0.15) is 5.69 Å². The minimum Gasteiger partial charge on any atom is -0.394 e. The van der Waals surface area contributed by atoms with Gasteiger partial charge in [-0.25, -0.2) is 0 Å². The van der Waals surface area contributed by atoms with Gasteiger partial charge in [0.15, 0.2) is 5.82 Å². The van der Waals surface area contributed by atoms with Crippen LogP contribution < -0.4 is 11.3 Å². The van der Waals surface area contributed by atoms with E-state index in [1.165, 1.54) is 4.57 Å². The van der Waals surface area contributed by atoms with Gasteiger partial charge in [0.05, 0.1) is 11.4 Å². The van der Waals surface area contributed by atoms with Crippen LogP contribution >= 0.6 is 0 Å². The molecule has 0 amide bonds. The molecule has 2 N–H and O–H groups in total. The lowest BCUT2D eigenvalue weighted by Crippen LogP contribution is -2.21. The van der Waals surface area contributed by atoms with Gasteiger partial charge in [0, 0.05) is 6.20 Å². The zero-order valence-corrected chi connectivity index (χ0v) is 8.21. The summed E-state index contributed by atoms with van der Waals surface area (Å²) >= 11 is 0. The molecule has 5 heteroatoms. The van der Waals surface area contributed by atoms with Crippen molar-refractivity contribution in [2.75, 3.05) is 5.73 Å². The first-order valence-electron chi connectivity index (χ1n) is 4.46. The van der Waals surface area contributed by atoms with Crippen molar-refractivity contribution in [1.29, 1.82) is 0 Å². The van der Waals surface area contributed by atoms with E-state index in [0.717, 1.165) is 5.69 Å². The summed E-state index contributed by atoms with van der Waals surface area (Å²) in [5, 5.41) is 7.78. The molecule has 0 atom stereocenters. The number of aromatic nitrogens is 3. The van der Waals surface area contributed by atoms with Crippen LogP contribution in [0.15, 0.2) is 35.3 Å². The van der Waals surface area contributed by atoms with Crippen LogP contribution in [0, 0.1) is 6.92 Å². The smallest absolute Gasteiger partial charge is 0.279 e. The number of pyridine rings is 1. The molecule has 0 bridgehead atoms. The first-order chi connectivity index (χ1) is 7.18. The molecule has 2 heterocycles. The summed E-state index contributed by atoms with van der Waals surface area (Å²) in [4.78, 5) is 11.6. The molecule has 5 nitrogen and oxygen atoms in total. The highest BCUT2D eigenvalue weighted by Gasteiger charge is 2.02. The van der Waals surface area contributed by atoms with Crippen molar-refractivity contribution >= 4 is 5.69 Å². The zero-order valence-electron chi connectivity index (χ0n) is 8.21. The Morgan fingerprint density at radius 3 is 2.73 bits per heavy atom. The summed E-state index contributed by atoms with van der Waals surface area (Å²) in [5.74, 6) is 0.470. The van der Waals surface area contributed by atoms with Crippen LogP contribution in [-0.4, -0.2) is 14.8 Å². The molecule has 0 saturated carbocycles. The molecule has 2 aromatic rings. The Hall–Kier alpha value is -2.17. The number of nitrogens with zero attached hydrogens (tertiary/aromatic N) is 3. The number of aryl methyl sites for hydroxylation is 1. The fourth-order valence-electron chi connectivity index (χ4n) is 1.21. The molecule has 76 valence electrons. The molecule has 0 radical (unpaired) electrons. The molecule has 0 saturated heterocycles. The van der Waals surface area contributed by atoms with E-state index in [9.17, 15) is 4.79 Å². The molecule has 0 spiro atoms. The molecular weight excluding hydrogens is 192 g/mol. The fourth-order valence-corrected chi connectivity index (χ4v) is 1.21. The van der Waals surface area contributed by atoms with Crippen molar-refractivity contribution in [3.05, 3.63) is 46.5 Å². The third kappa shape index (κ3) is 1.71. The second-order valence-corrected chi connectivity index (χ2v) is 3.17. The predicted octanol–water partition coefficient (Wildman–Crippen LogP) is 0.518. The predicted molar refractivity (Wildman–Crippen MR) is 56.8 cm³/mol. The Kier molecular flexibility index (Phi) is 2.21. The van der Waals surface area contributed by atoms with Gasteiger partial charge in [0.2, 0.25) is 0 Å². The highest BCUT2D eigenvalue weighted by atomic mass is 16.1. The van der Waals surface area contributed by atoms with Gasteiger partial charge in [-0.3, -0.25) is 9.36 Å². The summed E-state index contributed by atoms with van der Waals surface area (Å²) in [6.07, 6.45) is 1.61. The Balaban J connectivity index is 2.59. The molecule has 0 aliphatic carbocycles. The maximum atomic E-state index is 11.6. The molecule has 2 rings (SSSR count). The van der Waals surface area contributed by atoms with Crippen molar-refractivity contribution in [3.63, 3.8) is 0 Å². The van der Waals surface area contributed by atoms with Gasteiger partial charge >= 0.3 is 0 Å². The number of hydrogen-bond acceptors (Lipinski definition) is 4. The van der Waals surface area contributed by atoms with Crippen molar-refractivity contribution < 1.29 is 0 Å². The van der Waals surface area contributed by atoms with E-state index >= 15 is 0 Å². The largest absolute Gasteiger partial charge is 0.394 e. The lowest BCUT2D eigenvalue weighted by molar-refractivity contribution is 0.868. The lowest BCUT2D eigenvalue weighted by Gasteiger charge is -2.03. The van der Waals surface area contributed by atoms with E-state index < -0.39 is 0 Å². The first kappa shape index (κ1) is 9.39. The van der Waals surface area contributed by atoms with Gasteiger partial charge in [0.25, 0.3) is 5.56 Å². The van der Waals surface area contributed by atoms with E-state index in [2.05, 4.69) is 10.2 Å². The fraction of sp³-hybridized carbons (Fsp3) is 0.100. The highest BCUT2D eigenvalue weighted by Crippen LogP contribution is 2.01. The second kappa shape index (κ2) is 3.53. The summed E-state index contributed by atoms with van der Waals surface area (Å²) in [6.45, 7) is 1.83. The van der Waals surface area contributed by atoms with Gasteiger partial charge in [0.1, 0.15) is 0 Å². The van der Waals surface area contributed by atoms with E-state index in [0.29, 0.717) is 5.82 Å². The van der Waals surface area contributed by atoms with Crippen molar-refractivity contribution in [2.24, 2.45) is 0 Å². The second-order valence-electron chi connectivity index (χ2n) is 3.17. The molecule has 0 fully saturated rings. The van der Waals surface area contributed by atoms with E-state index in [-0.39, 0.29) is 11.2 Å². The molecule has 15 heavy (non-hydrogen) atoms. The van der Waals surface area contributed by atoms with Gasteiger partial charge < -0.3 is 5.73 Å². The van der Waals surface area contributed by atoms with Crippen LogP contribution in [-0.2, 0) is 0 Å². The molecule has 0 aromatic carbocycles. The van der Waals surface area contributed by atoms with Gasteiger partial charge in [-0.1, -0.05) is 0 Å². The number of nitrogens with two attached hydrogens (primary N) is 1. The minimum absolute atomic E-state index is 0.194. The summed E-state index contributed by atoms with van der Waals surface area (Å²) in [6, 6.07) is 6.76. The highest BCUT2D eigenvalue weighted by molar-refractivity contribution is 5.37. The zero-order chi connectivity index (χ0) is 10.8. The topological polar surface area (TPSA) is 73.8 Å². The van der Waals surface area contributed by atoms with Crippen LogP contribution in [0.2, 0.25) is 0 Å². The van der Waals surface area contributed by atoms with Crippen LogP contribution in [0.4, 0.5) is 5.69 Å². The SMILES string of the molecule is Cc1ccc(-n2cccc(N)c2=O)nn1. The minimum atomic E-state index is -0.282. The molecule has 0 aliphatic rings. The standard InChI is InChI=1S/C10H10N4O/c1-7-4-5-9(13-12-7)14-6-2-3-8(11)10(14)15/h2-6H,11H2,1H3. The lowest BCUT2D eigenvalue weighted by atomic mass is 10.4. The van der Waals surface area contributed by atoms with E-state index in [1.807, 2.05) is 6.92 Å². The van der Waals surface area contributed by atoms with Gasteiger partial charge in [-0.15, -0.1) is 5.10 Å². The summed E-state index contributed by atoms with van der Waals surface area (Å²) in [5.41, 5.74) is 6.22. The quantitative estimate of drug-likeness (QED) is 0.731. The first-order valence-corrected chi connectivity index (χ1v) is 4.46. The Morgan fingerprint density at radius 1 is 1.27 bits per heavy atom. The maximum Gasteiger partial charge on any atom is 0.279 e. The third-order valence-corrected chi connectivity index (χ3v) is 2.01. The summed E-state index contributed by atoms with van der Waals surface area (Å²) in [7, 11) is 0. The Morgan fingerprint density at radius 2 is 2.07 bits per heavy atom. The molecule has 2 aromatic heterocycles. The number of anilines is 1. The Bertz CT molecular complexity index is 530. The molecule has 0 aliphatic heterocycles. The van der Waals surface area contributed by atoms with Crippen LogP contribution in [0.25, 0.3) is 5.82 Å². The van der Waals surface area contributed by atoms with Crippen LogP contribution in [0.3, 0.4) is 0 Å². The molecular formula is C10H10N4O. The Labute approximate surface area is 86.2 Å². The number of hydrogen-bond donors (Lipinski definition) is 1. The third-order valence-electron chi connectivity index (χ3n) is 2.01. The van der Waals surface area contributed by atoms with Crippen molar-refractivity contribution in [1.82, 2.24) is 14.8 Å². The van der Waals surface area contributed by atoms with Gasteiger partial charge in [-0.2, -0.15) is 5.10 Å². The van der Waals surface area contributed by atoms with Crippen LogP contribution in [0.5, 0.6) is 0 Å². The monoisotopic (exact) mass is 202 g/mol. The normalized spacial score (nSPS) is 10.2. The maximum absolute atomic E-state index is 11.6. The van der Waals surface area contributed by atoms with E-state index in [4.69, 9.17) is 5.73 Å². The van der Waals surface area contributed by atoms with Crippen molar-refractivity contribution in [2.45, 2.75) is 6.92 Å². The number of rotatable bonds is 1. The number of nitrogen functional groups attached to an aromatic ring is 1. The summed E-state index contributed by atoms with van der Waals surface area (Å²) < 4.78 is 1.36. The average molecular weight is 202 g/mol. The van der Waals surface area contributed by atoms with Crippen molar-refractivity contribution in [3.8, 4) is 5.82 Å². The van der Waals surface area contributed by atoms with E-state index in [1.54, 1.807) is 30.5 Å². The average Bonchev–Trinajstić information content (AvgIpc) is 2.24. The molecule has 0 unspecified atom stereocenters.